The highest BCUT2D eigenvalue weighted by atomic mass is 79.9. The Kier molecular flexibility index (Phi) is 4.29. The first-order chi connectivity index (χ1) is 8.10. The fraction of sp³-hybridized carbons (Fsp3) is 0.786. The third kappa shape index (κ3) is 3.12. The number of aryl methyl sites for hydroxylation is 2. The SMILES string of the molecule is CCC1CCC(Br)C(Cc2cc(C)nn2C)C1. The molecule has 1 aromatic heterocycles. The summed E-state index contributed by atoms with van der Waals surface area (Å²) in [4.78, 5) is 0.695. The van der Waals surface area contributed by atoms with Gasteiger partial charge in [-0.25, -0.2) is 0 Å². The molecule has 1 aliphatic carbocycles. The maximum Gasteiger partial charge on any atom is 0.0596 e. The van der Waals surface area contributed by atoms with Crippen molar-refractivity contribution in [2.45, 2.75) is 50.8 Å². The number of aromatic nitrogens is 2. The van der Waals surface area contributed by atoms with Gasteiger partial charge in [0, 0.05) is 17.6 Å². The second kappa shape index (κ2) is 5.55. The third-order valence-electron chi connectivity index (χ3n) is 4.15. The van der Waals surface area contributed by atoms with Crippen LogP contribution in [0.4, 0.5) is 0 Å². The highest BCUT2D eigenvalue weighted by molar-refractivity contribution is 9.09. The first-order valence-electron chi connectivity index (χ1n) is 6.73. The maximum atomic E-state index is 4.44. The zero-order valence-corrected chi connectivity index (χ0v) is 12.7. The van der Waals surface area contributed by atoms with Crippen molar-refractivity contribution in [2.24, 2.45) is 18.9 Å². The Balaban J connectivity index is 2.03. The molecule has 3 unspecified atom stereocenters. The van der Waals surface area contributed by atoms with Gasteiger partial charge in [0.2, 0.25) is 0 Å². The minimum Gasteiger partial charge on any atom is -0.272 e. The summed E-state index contributed by atoms with van der Waals surface area (Å²) < 4.78 is 2.05. The van der Waals surface area contributed by atoms with Crippen LogP contribution in [0.3, 0.4) is 0 Å². The van der Waals surface area contributed by atoms with Crippen molar-refractivity contribution in [1.29, 1.82) is 0 Å². The van der Waals surface area contributed by atoms with E-state index in [1.807, 2.05) is 4.68 Å². The summed E-state index contributed by atoms with van der Waals surface area (Å²) in [5, 5.41) is 4.44. The Morgan fingerprint density at radius 3 is 2.82 bits per heavy atom. The van der Waals surface area contributed by atoms with Crippen molar-refractivity contribution < 1.29 is 0 Å². The van der Waals surface area contributed by atoms with Gasteiger partial charge >= 0.3 is 0 Å². The van der Waals surface area contributed by atoms with E-state index in [1.165, 1.54) is 37.8 Å². The first-order valence-corrected chi connectivity index (χ1v) is 7.65. The predicted molar refractivity (Wildman–Crippen MR) is 75.5 cm³/mol. The van der Waals surface area contributed by atoms with Crippen LogP contribution in [-0.4, -0.2) is 14.6 Å². The molecule has 3 heteroatoms. The van der Waals surface area contributed by atoms with Crippen LogP contribution in [0.1, 0.15) is 44.0 Å². The minimum absolute atomic E-state index is 0.695. The lowest BCUT2D eigenvalue weighted by Crippen LogP contribution is -2.27. The van der Waals surface area contributed by atoms with E-state index in [-0.39, 0.29) is 0 Å². The molecule has 1 fully saturated rings. The number of hydrogen-bond donors (Lipinski definition) is 0. The van der Waals surface area contributed by atoms with E-state index < -0.39 is 0 Å². The molecule has 1 saturated carbocycles. The monoisotopic (exact) mass is 298 g/mol. The van der Waals surface area contributed by atoms with Crippen molar-refractivity contribution in [1.82, 2.24) is 9.78 Å². The van der Waals surface area contributed by atoms with Crippen molar-refractivity contribution in [3.8, 4) is 0 Å². The van der Waals surface area contributed by atoms with Crippen LogP contribution in [0.15, 0.2) is 6.07 Å². The first kappa shape index (κ1) is 13.1. The minimum atomic E-state index is 0.695. The Hall–Kier alpha value is -0.310. The Bertz CT molecular complexity index is 372. The molecule has 0 saturated heterocycles. The fourth-order valence-electron chi connectivity index (χ4n) is 3.03. The summed E-state index contributed by atoms with van der Waals surface area (Å²) in [6, 6.07) is 2.23. The van der Waals surface area contributed by atoms with Crippen LogP contribution in [0.2, 0.25) is 0 Å². The van der Waals surface area contributed by atoms with Crippen LogP contribution in [0.25, 0.3) is 0 Å². The predicted octanol–water partition coefficient (Wildman–Crippen LogP) is 3.86. The second-order valence-corrected chi connectivity index (χ2v) is 6.64. The Morgan fingerprint density at radius 2 is 2.24 bits per heavy atom. The summed E-state index contributed by atoms with van der Waals surface area (Å²) in [5.41, 5.74) is 2.52. The van der Waals surface area contributed by atoms with E-state index >= 15 is 0 Å². The van der Waals surface area contributed by atoms with Gasteiger partial charge in [-0.2, -0.15) is 5.10 Å². The average molecular weight is 299 g/mol. The van der Waals surface area contributed by atoms with Gasteiger partial charge in [-0.3, -0.25) is 4.68 Å². The molecular weight excluding hydrogens is 276 g/mol. The highest BCUT2D eigenvalue weighted by Gasteiger charge is 2.28. The lowest BCUT2D eigenvalue weighted by molar-refractivity contribution is 0.268. The molecule has 0 spiro atoms. The third-order valence-corrected chi connectivity index (χ3v) is 5.35. The number of alkyl halides is 1. The van der Waals surface area contributed by atoms with Crippen LogP contribution in [0, 0.1) is 18.8 Å². The quantitative estimate of drug-likeness (QED) is 0.775. The van der Waals surface area contributed by atoms with Gasteiger partial charge in [0.1, 0.15) is 0 Å². The van der Waals surface area contributed by atoms with Crippen LogP contribution >= 0.6 is 15.9 Å². The molecule has 1 aliphatic rings. The van der Waals surface area contributed by atoms with E-state index in [0.717, 1.165) is 17.5 Å². The molecule has 0 aliphatic heterocycles. The molecule has 1 heterocycles. The van der Waals surface area contributed by atoms with Gasteiger partial charge in [0.15, 0.2) is 0 Å². The van der Waals surface area contributed by atoms with E-state index in [9.17, 15) is 0 Å². The standard InChI is InChI=1S/C14H23BrN2/c1-4-11-5-6-14(15)12(8-11)9-13-7-10(2)16-17(13)3/h7,11-12,14H,4-6,8-9H2,1-3H3. The molecule has 0 amide bonds. The lowest BCUT2D eigenvalue weighted by Gasteiger charge is -2.32. The summed E-state index contributed by atoms with van der Waals surface area (Å²) >= 11 is 3.87. The van der Waals surface area contributed by atoms with E-state index in [1.54, 1.807) is 0 Å². The van der Waals surface area contributed by atoms with E-state index in [2.05, 4.69) is 48.0 Å². The van der Waals surface area contributed by atoms with Gasteiger partial charge in [0.05, 0.1) is 5.69 Å². The molecule has 0 radical (unpaired) electrons. The van der Waals surface area contributed by atoms with Crippen LogP contribution < -0.4 is 0 Å². The maximum absolute atomic E-state index is 4.44. The zero-order valence-electron chi connectivity index (χ0n) is 11.1. The average Bonchev–Trinajstić information content (AvgIpc) is 2.60. The topological polar surface area (TPSA) is 17.8 Å². The Morgan fingerprint density at radius 1 is 1.47 bits per heavy atom. The molecule has 2 rings (SSSR count). The highest BCUT2D eigenvalue weighted by Crippen LogP contribution is 2.37. The Labute approximate surface area is 113 Å². The molecule has 2 nitrogen and oxygen atoms in total. The fourth-order valence-corrected chi connectivity index (χ4v) is 3.70. The summed E-state index contributed by atoms with van der Waals surface area (Å²) in [6.07, 6.45) is 6.61. The molecule has 3 atom stereocenters. The number of nitrogens with zero attached hydrogens (tertiary/aromatic N) is 2. The van der Waals surface area contributed by atoms with Crippen molar-refractivity contribution in [3.05, 3.63) is 17.5 Å². The molecule has 0 N–H and O–H groups in total. The molecule has 0 bridgehead atoms. The molecular formula is C14H23BrN2. The van der Waals surface area contributed by atoms with Crippen LogP contribution in [0.5, 0.6) is 0 Å². The van der Waals surface area contributed by atoms with E-state index in [0.29, 0.717) is 4.83 Å². The molecule has 1 aromatic rings. The number of rotatable bonds is 3. The van der Waals surface area contributed by atoms with Crippen LogP contribution in [-0.2, 0) is 13.5 Å². The number of hydrogen-bond acceptors (Lipinski definition) is 1. The van der Waals surface area contributed by atoms with Crippen molar-refractivity contribution >= 4 is 15.9 Å². The van der Waals surface area contributed by atoms with Gasteiger partial charge < -0.3 is 0 Å². The zero-order chi connectivity index (χ0) is 12.4. The number of halogens is 1. The van der Waals surface area contributed by atoms with Gasteiger partial charge in [-0.15, -0.1) is 0 Å². The second-order valence-electron chi connectivity index (χ2n) is 5.47. The summed E-state index contributed by atoms with van der Waals surface area (Å²) in [6.45, 7) is 4.40. The summed E-state index contributed by atoms with van der Waals surface area (Å²) in [7, 11) is 2.06. The molecule has 96 valence electrons. The summed E-state index contributed by atoms with van der Waals surface area (Å²) in [5.74, 6) is 1.71. The van der Waals surface area contributed by atoms with Gasteiger partial charge in [-0.1, -0.05) is 29.3 Å². The smallest absolute Gasteiger partial charge is 0.0596 e. The van der Waals surface area contributed by atoms with Crippen molar-refractivity contribution in [2.75, 3.05) is 0 Å². The lowest BCUT2D eigenvalue weighted by atomic mass is 9.78. The normalized spacial score (nSPS) is 29.5. The molecule has 17 heavy (non-hydrogen) atoms. The largest absolute Gasteiger partial charge is 0.272 e. The molecule has 0 aromatic carbocycles. The van der Waals surface area contributed by atoms with Crippen molar-refractivity contribution in [3.63, 3.8) is 0 Å². The van der Waals surface area contributed by atoms with Gasteiger partial charge in [0.25, 0.3) is 0 Å². The van der Waals surface area contributed by atoms with E-state index in [4.69, 9.17) is 0 Å². The van der Waals surface area contributed by atoms with Gasteiger partial charge in [-0.05, 0) is 50.5 Å².